The molecule has 0 saturated carbocycles. The zero-order valence-corrected chi connectivity index (χ0v) is 25.8. The highest BCUT2D eigenvalue weighted by molar-refractivity contribution is 6.01. The van der Waals surface area contributed by atoms with Gasteiger partial charge in [-0.05, 0) is 59.9 Å². The maximum absolute atomic E-state index is 13.9. The van der Waals surface area contributed by atoms with Gasteiger partial charge in [0, 0.05) is 25.2 Å². The summed E-state index contributed by atoms with van der Waals surface area (Å²) in [4.78, 5) is 62.0. The molecule has 3 amide bonds. The Labute approximate surface area is 266 Å². The fourth-order valence-electron chi connectivity index (χ4n) is 4.77. The number of Topliss-reactive ketones (excluding diaryl/α,β-unsaturated/α-hetero) is 1. The molecule has 0 fully saturated rings. The van der Waals surface area contributed by atoms with Crippen LogP contribution in [0.2, 0.25) is 0 Å². The number of carbonyl (C=O) groups is 4. The molecule has 4 aromatic rings. The molecule has 2 aromatic carbocycles. The van der Waals surface area contributed by atoms with Gasteiger partial charge in [-0.2, -0.15) is 0 Å². The number of nitrogens with one attached hydrogen (secondary N) is 3. The molecule has 0 aliphatic heterocycles. The van der Waals surface area contributed by atoms with Crippen molar-refractivity contribution in [3.05, 3.63) is 108 Å². The van der Waals surface area contributed by atoms with Crippen molar-refractivity contribution in [2.75, 3.05) is 7.11 Å². The summed E-state index contributed by atoms with van der Waals surface area (Å²) >= 11 is 0. The summed E-state index contributed by atoms with van der Waals surface area (Å²) in [6.07, 6.45) is 5.91. The smallest absolute Gasteiger partial charge is 0.272 e. The summed E-state index contributed by atoms with van der Waals surface area (Å²) in [7, 11) is 1.54. The molecule has 0 radical (unpaired) electrons. The molecule has 2 aromatic heterocycles. The molecule has 0 unspecified atom stereocenters. The molecule has 0 aliphatic rings. The van der Waals surface area contributed by atoms with Crippen molar-refractivity contribution in [1.82, 2.24) is 25.9 Å². The minimum absolute atomic E-state index is 0.0152. The number of amides is 3. The number of phenols is 1. The van der Waals surface area contributed by atoms with E-state index in [2.05, 4.69) is 25.9 Å². The van der Waals surface area contributed by atoms with E-state index in [1.807, 2.05) is 13.8 Å². The Morgan fingerprint density at radius 1 is 0.826 bits per heavy atom. The highest BCUT2D eigenvalue weighted by Crippen LogP contribution is 2.16. The molecule has 0 saturated heterocycles. The van der Waals surface area contributed by atoms with Crippen molar-refractivity contribution in [3.63, 3.8) is 0 Å². The van der Waals surface area contributed by atoms with Gasteiger partial charge in [0.25, 0.3) is 5.91 Å². The monoisotopic (exact) mass is 627 g/mol. The standard InChI is InChI=1S/C34H37N5O7/c1-21(2)17-26(31(41)30-5-4-16-46-30)37-32(42)27(18-22-6-10-24(40)11-7-22)38-33(43)28(19-23-8-12-25(45-3)13-9-23)39-34(44)29-20-35-14-15-36-29/h4-16,20-21,26-28,40H,17-19H2,1-3H3,(H,37,42)(H,38,43)(H,39,44)/t26-,27-,28-/m0/s1. The molecular weight excluding hydrogens is 590 g/mol. The molecule has 12 nitrogen and oxygen atoms in total. The first-order valence-corrected chi connectivity index (χ1v) is 14.8. The Bertz CT molecular complexity index is 1590. The van der Waals surface area contributed by atoms with Gasteiger partial charge in [0.2, 0.25) is 17.6 Å². The summed E-state index contributed by atoms with van der Waals surface area (Å²) in [5.74, 6) is -1.42. The van der Waals surface area contributed by atoms with E-state index in [0.717, 1.165) is 5.56 Å². The van der Waals surface area contributed by atoms with Crippen LogP contribution in [0, 0.1) is 5.92 Å². The van der Waals surface area contributed by atoms with Gasteiger partial charge in [0.15, 0.2) is 5.76 Å². The molecule has 46 heavy (non-hydrogen) atoms. The number of benzene rings is 2. The number of furan rings is 1. The average Bonchev–Trinajstić information content (AvgIpc) is 3.60. The van der Waals surface area contributed by atoms with Crippen LogP contribution in [0.1, 0.15) is 52.4 Å². The lowest BCUT2D eigenvalue weighted by atomic mass is 9.97. The Balaban J connectivity index is 1.61. The number of aromatic hydroxyl groups is 1. The summed E-state index contributed by atoms with van der Waals surface area (Å²) in [5.41, 5.74) is 1.38. The van der Waals surface area contributed by atoms with Crippen LogP contribution >= 0.6 is 0 Å². The first-order valence-electron chi connectivity index (χ1n) is 14.8. The number of aromatic nitrogens is 2. The predicted molar refractivity (Wildman–Crippen MR) is 168 cm³/mol. The van der Waals surface area contributed by atoms with E-state index in [1.165, 1.54) is 43.1 Å². The predicted octanol–water partition coefficient (Wildman–Crippen LogP) is 3.27. The number of methoxy groups -OCH3 is 1. The topological polar surface area (TPSA) is 173 Å². The second-order valence-corrected chi connectivity index (χ2v) is 11.1. The largest absolute Gasteiger partial charge is 0.508 e. The first kappa shape index (κ1) is 33.4. The lowest BCUT2D eigenvalue weighted by Gasteiger charge is -2.26. The van der Waals surface area contributed by atoms with Crippen LogP contribution in [0.5, 0.6) is 11.5 Å². The van der Waals surface area contributed by atoms with Gasteiger partial charge in [-0.25, -0.2) is 4.98 Å². The van der Waals surface area contributed by atoms with Crippen LogP contribution < -0.4 is 20.7 Å². The van der Waals surface area contributed by atoms with Crippen LogP contribution in [-0.4, -0.2) is 63.8 Å². The number of hydrogen-bond acceptors (Lipinski definition) is 9. The van der Waals surface area contributed by atoms with Crippen LogP contribution in [0.3, 0.4) is 0 Å². The zero-order valence-electron chi connectivity index (χ0n) is 25.8. The lowest BCUT2D eigenvalue weighted by molar-refractivity contribution is -0.130. The Hall–Kier alpha value is -5.52. The average molecular weight is 628 g/mol. The highest BCUT2D eigenvalue weighted by Gasteiger charge is 2.31. The number of rotatable bonds is 15. The van der Waals surface area contributed by atoms with E-state index < -0.39 is 41.6 Å². The van der Waals surface area contributed by atoms with E-state index in [1.54, 1.807) is 49.6 Å². The second-order valence-electron chi connectivity index (χ2n) is 11.1. The fourth-order valence-corrected chi connectivity index (χ4v) is 4.77. The number of phenolic OH excluding ortho intramolecular Hbond substituents is 1. The maximum atomic E-state index is 13.9. The molecule has 2 heterocycles. The second kappa shape index (κ2) is 16.0. The molecule has 3 atom stereocenters. The minimum atomic E-state index is -1.15. The van der Waals surface area contributed by atoms with E-state index in [-0.39, 0.29) is 36.0 Å². The van der Waals surface area contributed by atoms with Crippen LogP contribution in [0.15, 0.2) is 89.9 Å². The number of ketones is 1. The summed E-state index contributed by atoms with van der Waals surface area (Å²) < 4.78 is 10.5. The fraction of sp³-hybridized carbons (Fsp3) is 0.294. The zero-order chi connectivity index (χ0) is 33.1. The van der Waals surface area contributed by atoms with E-state index >= 15 is 0 Å². The van der Waals surface area contributed by atoms with E-state index in [9.17, 15) is 24.3 Å². The molecule has 4 rings (SSSR count). The van der Waals surface area contributed by atoms with Gasteiger partial charge in [-0.1, -0.05) is 38.1 Å². The molecule has 0 spiro atoms. The van der Waals surface area contributed by atoms with Crippen molar-refractivity contribution >= 4 is 23.5 Å². The SMILES string of the molecule is COc1ccc(C[C@H](NC(=O)c2cnccn2)C(=O)N[C@@H](Cc2ccc(O)cc2)C(=O)N[C@@H](CC(C)C)C(=O)c2ccco2)cc1. The van der Waals surface area contributed by atoms with Gasteiger partial charge in [-0.15, -0.1) is 0 Å². The van der Waals surface area contributed by atoms with Crippen LogP contribution in [0.25, 0.3) is 0 Å². The number of carbonyl (C=O) groups excluding carboxylic acids is 4. The van der Waals surface area contributed by atoms with Crippen molar-refractivity contribution in [3.8, 4) is 11.5 Å². The third-order valence-electron chi connectivity index (χ3n) is 7.13. The Kier molecular flexibility index (Phi) is 11.6. The van der Waals surface area contributed by atoms with Crippen LogP contribution in [0.4, 0.5) is 0 Å². The third-order valence-corrected chi connectivity index (χ3v) is 7.13. The molecule has 0 aliphatic carbocycles. The van der Waals surface area contributed by atoms with Crippen molar-refractivity contribution in [2.45, 2.75) is 51.2 Å². The Morgan fingerprint density at radius 3 is 1.98 bits per heavy atom. The van der Waals surface area contributed by atoms with Gasteiger partial charge in [-0.3, -0.25) is 24.2 Å². The minimum Gasteiger partial charge on any atom is -0.508 e. The summed E-state index contributed by atoms with van der Waals surface area (Å²) in [6, 6.07) is 13.2. The van der Waals surface area contributed by atoms with Gasteiger partial charge in [0.05, 0.1) is 25.6 Å². The quantitative estimate of drug-likeness (QED) is 0.144. The van der Waals surface area contributed by atoms with Crippen molar-refractivity contribution < 1.29 is 33.4 Å². The Morgan fingerprint density at radius 2 is 1.43 bits per heavy atom. The van der Waals surface area contributed by atoms with E-state index in [0.29, 0.717) is 17.7 Å². The molecule has 240 valence electrons. The number of ether oxygens (including phenoxy) is 1. The van der Waals surface area contributed by atoms with Gasteiger partial charge >= 0.3 is 0 Å². The number of nitrogens with zero attached hydrogens (tertiary/aromatic N) is 2. The van der Waals surface area contributed by atoms with Crippen molar-refractivity contribution in [2.24, 2.45) is 5.92 Å². The maximum Gasteiger partial charge on any atom is 0.272 e. The molecule has 12 heteroatoms. The van der Waals surface area contributed by atoms with Gasteiger partial charge < -0.3 is 30.2 Å². The van der Waals surface area contributed by atoms with E-state index in [4.69, 9.17) is 9.15 Å². The van der Waals surface area contributed by atoms with Crippen molar-refractivity contribution in [1.29, 1.82) is 0 Å². The van der Waals surface area contributed by atoms with Gasteiger partial charge in [0.1, 0.15) is 29.3 Å². The summed E-state index contributed by atoms with van der Waals surface area (Å²) in [6.45, 7) is 3.85. The lowest BCUT2D eigenvalue weighted by Crippen LogP contribution is -2.57. The first-order chi connectivity index (χ1) is 22.1. The molecule has 0 bridgehead atoms. The van der Waals surface area contributed by atoms with Crippen LogP contribution in [-0.2, 0) is 22.4 Å². The number of hydrogen-bond donors (Lipinski definition) is 4. The third kappa shape index (κ3) is 9.49. The summed E-state index contributed by atoms with van der Waals surface area (Å²) in [5, 5.41) is 18.1. The molecule has 4 N–H and O–H groups in total. The normalized spacial score (nSPS) is 12.9. The highest BCUT2D eigenvalue weighted by atomic mass is 16.5. The molecular formula is C34H37N5O7.